The average molecular weight is 232 g/mol. The van der Waals surface area contributed by atoms with Gasteiger partial charge in [0, 0.05) is 12.0 Å². The summed E-state index contributed by atoms with van der Waals surface area (Å²) < 4.78 is 5.28. The first kappa shape index (κ1) is 12.2. The summed E-state index contributed by atoms with van der Waals surface area (Å²) in [6.07, 6.45) is 8.74. The molecule has 0 radical (unpaired) electrons. The fourth-order valence-corrected chi connectivity index (χ4v) is 2.65. The number of allylic oxidation sites excluding steroid dienone is 2. The summed E-state index contributed by atoms with van der Waals surface area (Å²) in [5, 5.41) is 9.31. The van der Waals surface area contributed by atoms with Gasteiger partial charge < -0.3 is 9.84 Å². The maximum Gasteiger partial charge on any atom is 0.119 e. The molecular formula is C15H20O2. The van der Waals surface area contributed by atoms with E-state index in [4.69, 9.17) is 4.74 Å². The molecule has 1 aromatic rings. The van der Waals surface area contributed by atoms with Gasteiger partial charge in [-0.3, -0.25) is 0 Å². The molecule has 1 unspecified atom stereocenters. The molecule has 1 N–H and O–H groups in total. The zero-order chi connectivity index (χ0) is 12.1. The maximum atomic E-state index is 9.31. The first-order valence-electron chi connectivity index (χ1n) is 6.24. The number of aliphatic hydroxyl groups excluding tert-OH is 1. The number of ether oxygens (including phenoxy) is 1. The van der Waals surface area contributed by atoms with E-state index in [0.29, 0.717) is 0 Å². The van der Waals surface area contributed by atoms with Gasteiger partial charge in [-0.25, -0.2) is 0 Å². The number of hydrogen-bond donors (Lipinski definition) is 1. The minimum Gasteiger partial charge on any atom is -0.497 e. The molecule has 1 aliphatic rings. The summed E-state index contributed by atoms with van der Waals surface area (Å²) in [5.74, 6) is 0.888. The Bertz CT molecular complexity index is 398. The molecule has 0 saturated heterocycles. The van der Waals surface area contributed by atoms with Gasteiger partial charge in [-0.1, -0.05) is 24.3 Å². The van der Waals surface area contributed by atoms with E-state index in [1.807, 2.05) is 12.1 Å². The first-order valence-corrected chi connectivity index (χ1v) is 6.24. The van der Waals surface area contributed by atoms with Crippen LogP contribution in [-0.2, 0) is 5.41 Å². The fraction of sp³-hybridized carbons (Fsp3) is 0.467. The van der Waals surface area contributed by atoms with Gasteiger partial charge in [0.2, 0.25) is 0 Å². The molecule has 2 heteroatoms. The van der Waals surface area contributed by atoms with Gasteiger partial charge >= 0.3 is 0 Å². The van der Waals surface area contributed by atoms with Crippen molar-refractivity contribution in [1.82, 2.24) is 0 Å². The minimum absolute atomic E-state index is 0.00153. The van der Waals surface area contributed by atoms with Gasteiger partial charge in [-0.05, 0) is 43.4 Å². The van der Waals surface area contributed by atoms with Crippen LogP contribution in [0.15, 0.2) is 36.4 Å². The van der Waals surface area contributed by atoms with Crippen molar-refractivity contribution >= 4 is 0 Å². The molecule has 92 valence electrons. The smallest absolute Gasteiger partial charge is 0.119 e. The summed E-state index contributed by atoms with van der Waals surface area (Å²) >= 11 is 0. The van der Waals surface area contributed by atoms with Crippen molar-refractivity contribution < 1.29 is 9.84 Å². The van der Waals surface area contributed by atoms with Gasteiger partial charge in [-0.2, -0.15) is 0 Å². The van der Waals surface area contributed by atoms with Crippen LogP contribution in [0.3, 0.4) is 0 Å². The molecule has 0 fully saturated rings. The summed E-state index contributed by atoms with van der Waals surface area (Å²) in [5.41, 5.74) is 1.25. The maximum absolute atomic E-state index is 9.31. The Hall–Kier alpha value is -1.28. The number of aliphatic hydroxyl groups is 1. The first-order chi connectivity index (χ1) is 8.30. The van der Waals surface area contributed by atoms with Crippen LogP contribution in [0.1, 0.15) is 31.2 Å². The van der Waals surface area contributed by atoms with Crippen molar-refractivity contribution in [1.29, 1.82) is 0 Å². The van der Waals surface area contributed by atoms with Crippen LogP contribution in [0.5, 0.6) is 5.75 Å². The highest BCUT2D eigenvalue weighted by Crippen LogP contribution is 2.39. The highest BCUT2D eigenvalue weighted by atomic mass is 16.5. The van der Waals surface area contributed by atoms with E-state index in [0.717, 1.165) is 25.0 Å². The van der Waals surface area contributed by atoms with Crippen LogP contribution in [-0.4, -0.2) is 18.8 Å². The normalized spacial score (nSPS) is 23.6. The number of rotatable bonds is 4. The summed E-state index contributed by atoms with van der Waals surface area (Å²) in [6, 6.07) is 8.21. The van der Waals surface area contributed by atoms with Crippen LogP contribution < -0.4 is 4.74 Å². The van der Waals surface area contributed by atoms with Crippen molar-refractivity contribution in [2.45, 2.75) is 31.1 Å². The largest absolute Gasteiger partial charge is 0.497 e. The van der Waals surface area contributed by atoms with Gasteiger partial charge in [0.25, 0.3) is 0 Å². The molecular weight excluding hydrogens is 212 g/mol. The zero-order valence-corrected chi connectivity index (χ0v) is 10.4. The van der Waals surface area contributed by atoms with Crippen LogP contribution in [0.2, 0.25) is 0 Å². The second kappa shape index (κ2) is 5.37. The Labute approximate surface area is 103 Å². The molecule has 1 aliphatic carbocycles. The van der Waals surface area contributed by atoms with Crippen LogP contribution in [0.25, 0.3) is 0 Å². The Morgan fingerprint density at radius 1 is 1.41 bits per heavy atom. The quantitative estimate of drug-likeness (QED) is 0.808. The molecule has 2 nitrogen and oxygen atoms in total. The lowest BCUT2D eigenvalue weighted by atomic mass is 9.71. The minimum atomic E-state index is 0.00153. The summed E-state index contributed by atoms with van der Waals surface area (Å²) in [6.45, 7) is 0.224. The molecule has 0 spiro atoms. The Kier molecular flexibility index (Phi) is 3.85. The summed E-state index contributed by atoms with van der Waals surface area (Å²) in [7, 11) is 1.69. The van der Waals surface area contributed by atoms with Crippen molar-refractivity contribution in [2.24, 2.45) is 0 Å². The molecule has 0 aromatic heterocycles. The van der Waals surface area contributed by atoms with Gasteiger partial charge in [0.05, 0.1) is 7.11 Å². The molecule has 0 aliphatic heterocycles. The predicted molar refractivity (Wildman–Crippen MR) is 69.4 cm³/mol. The third kappa shape index (κ3) is 2.52. The Balaban J connectivity index is 2.37. The molecule has 1 atom stereocenters. The van der Waals surface area contributed by atoms with E-state index in [-0.39, 0.29) is 12.0 Å². The summed E-state index contributed by atoms with van der Waals surface area (Å²) in [4.78, 5) is 0. The monoisotopic (exact) mass is 232 g/mol. The molecule has 0 amide bonds. The van der Waals surface area contributed by atoms with E-state index in [2.05, 4.69) is 24.3 Å². The molecule has 0 heterocycles. The van der Waals surface area contributed by atoms with Gasteiger partial charge in [0.15, 0.2) is 0 Å². The molecule has 0 saturated carbocycles. The number of benzene rings is 1. The average Bonchev–Trinajstić information content (AvgIpc) is 2.40. The molecule has 1 aromatic carbocycles. The third-order valence-corrected chi connectivity index (χ3v) is 3.63. The lowest BCUT2D eigenvalue weighted by molar-refractivity contribution is 0.246. The highest BCUT2D eigenvalue weighted by molar-refractivity contribution is 5.38. The van der Waals surface area contributed by atoms with E-state index >= 15 is 0 Å². The predicted octanol–water partition coefficient (Wildman–Crippen LogP) is 3.06. The fourth-order valence-electron chi connectivity index (χ4n) is 2.65. The Morgan fingerprint density at radius 2 is 2.29 bits per heavy atom. The van der Waals surface area contributed by atoms with E-state index < -0.39 is 0 Å². The van der Waals surface area contributed by atoms with Crippen molar-refractivity contribution in [3.8, 4) is 5.75 Å². The lowest BCUT2D eigenvalue weighted by Crippen LogP contribution is -2.27. The van der Waals surface area contributed by atoms with Crippen LogP contribution >= 0.6 is 0 Å². The lowest BCUT2D eigenvalue weighted by Gasteiger charge is -2.33. The van der Waals surface area contributed by atoms with E-state index in [1.165, 1.54) is 12.0 Å². The van der Waals surface area contributed by atoms with Crippen molar-refractivity contribution in [2.75, 3.05) is 13.7 Å². The zero-order valence-electron chi connectivity index (χ0n) is 10.4. The van der Waals surface area contributed by atoms with Gasteiger partial charge in [0.1, 0.15) is 5.75 Å². The number of hydrogen-bond acceptors (Lipinski definition) is 2. The van der Waals surface area contributed by atoms with Gasteiger partial charge in [-0.15, -0.1) is 0 Å². The molecule has 2 rings (SSSR count). The highest BCUT2D eigenvalue weighted by Gasteiger charge is 2.30. The van der Waals surface area contributed by atoms with Crippen LogP contribution in [0.4, 0.5) is 0 Å². The van der Waals surface area contributed by atoms with E-state index in [9.17, 15) is 5.11 Å². The number of methoxy groups -OCH3 is 1. The van der Waals surface area contributed by atoms with Crippen molar-refractivity contribution in [3.63, 3.8) is 0 Å². The Morgan fingerprint density at radius 3 is 2.94 bits per heavy atom. The second-order valence-electron chi connectivity index (χ2n) is 4.66. The standard InChI is InChI=1S/C15H20O2/c1-17-14-7-5-6-13(12-14)15(10-11-16)8-3-2-4-9-15/h3,5-8,12,16H,2,4,9-11H2,1H3. The third-order valence-electron chi connectivity index (χ3n) is 3.63. The SMILES string of the molecule is COc1cccc(C2(CCO)C=CCCC2)c1. The molecule has 0 bridgehead atoms. The molecule has 17 heavy (non-hydrogen) atoms. The topological polar surface area (TPSA) is 29.5 Å². The van der Waals surface area contributed by atoms with E-state index in [1.54, 1.807) is 7.11 Å². The second-order valence-corrected chi connectivity index (χ2v) is 4.66. The van der Waals surface area contributed by atoms with Crippen molar-refractivity contribution in [3.05, 3.63) is 42.0 Å². The van der Waals surface area contributed by atoms with Crippen LogP contribution in [0, 0.1) is 0 Å².